The van der Waals surface area contributed by atoms with Gasteiger partial charge in [0, 0.05) is 64.9 Å². The van der Waals surface area contributed by atoms with Gasteiger partial charge in [-0.2, -0.15) is 0 Å². The van der Waals surface area contributed by atoms with E-state index in [-0.39, 0.29) is 37.8 Å². The summed E-state index contributed by atoms with van der Waals surface area (Å²) in [5.74, 6) is -0.710. The van der Waals surface area contributed by atoms with Crippen LogP contribution in [0.25, 0.3) is 11.3 Å². The van der Waals surface area contributed by atoms with Gasteiger partial charge in [0.25, 0.3) is 0 Å². The normalized spacial score (nSPS) is 18.6. The molecule has 17 heteroatoms. The van der Waals surface area contributed by atoms with Crippen molar-refractivity contribution in [3.8, 4) is 22.8 Å². The molecule has 2 fully saturated rings. The van der Waals surface area contributed by atoms with Crippen molar-refractivity contribution in [3.63, 3.8) is 0 Å². The zero-order valence-corrected chi connectivity index (χ0v) is 45.0. The Bertz CT molecular complexity index is 2760. The first-order chi connectivity index (χ1) is 34.5. The lowest BCUT2D eigenvalue weighted by molar-refractivity contribution is -0.909. The van der Waals surface area contributed by atoms with Gasteiger partial charge in [0.05, 0.1) is 42.9 Å². The van der Waals surface area contributed by atoms with E-state index in [1.54, 1.807) is 86.9 Å². The fraction of sp³-hybridized carbons (Fsp3) is 0.464. The van der Waals surface area contributed by atoms with E-state index in [1.807, 2.05) is 76.7 Å². The summed E-state index contributed by atoms with van der Waals surface area (Å²) in [6, 6.07) is 24.8. The number of carbonyl (C=O) groups is 4. The number of aromatic nitrogens is 3. The number of imidazole rings is 1. The molecule has 390 valence electrons. The summed E-state index contributed by atoms with van der Waals surface area (Å²) >= 11 is 12.8. The Balaban J connectivity index is 1.07. The molecule has 0 saturated carbocycles. The second kappa shape index (κ2) is 23.0. The molecule has 0 bridgehead atoms. The van der Waals surface area contributed by atoms with E-state index in [0.29, 0.717) is 65.9 Å². The van der Waals surface area contributed by atoms with E-state index < -0.39 is 46.6 Å². The van der Waals surface area contributed by atoms with Gasteiger partial charge in [-0.25, -0.2) is 4.98 Å². The van der Waals surface area contributed by atoms with Crippen molar-refractivity contribution in [2.75, 3.05) is 33.8 Å². The first kappa shape index (κ1) is 54.8. The van der Waals surface area contributed by atoms with Crippen LogP contribution in [0.5, 0.6) is 11.5 Å². The van der Waals surface area contributed by atoms with Gasteiger partial charge < -0.3 is 33.9 Å². The van der Waals surface area contributed by atoms with Crippen LogP contribution < -0.4 is 14.8 Å². The molecule has 2 aliphatic heterocycles. The maximum Gasteiger partial charge on any atom is 0.307 e. The number of rotatable bonds is 18. The predicted octanol–water partition coefficient (Wildman–Crippen LogP) is 8.62. The number of halogens is 2. The van der Waals surface area contributed by atoms with Gasteiger partial charge >= 0.3 is 5.97 Å². The largest absolute Gasteiger partial charge is 0.460 e. The van der Waals surface area contributed by atoms with Gasteiger partial charge in [0.15, 0.2) is 0 Å². The maximum absolute atomic E-state index is 14.9. The monoisotopic (exact) mass is 1040 g/mol. The number of nitrogens with one attached hydrogen (secondary N) is 1. The van der Waals surface area contributed by atoms with Crippen molar-refractivity contribution in [1.29, 1.82) is 0 Å². The topological polar surface area (TPSA) is 160 Å². The van der Waals surface area contributed by atoms with Crippen LogP contribution in [-0.4, -0.2) is 110 Å². The number of esters is 1. The zero-order chi connectivity index (χ0) is 52.8. The maximum atomic E-state index is 14.9. The van der Waals surface area contributed by atoms with Crippen LogP contribution in [-0.2, 0) is 61.5 Å². The van der Waals surface area contributed by atoms with E-state index in [9.17, 15) is 24.4 Å². The van der Waals surface area contributed by atoms with Crippen molar-refractivity contribution in [3.05, 3.63) is 130 Å². The molecule has 3 aromatic carbocycles. The molecule has 15 nitrogen and oxygen atoms in total. The molecule has 73 heavy (non-hydrogen) atoms. The molecule has 0 spiro atoms. The summed E-state index contributed by atoms with van der Waals surface area (Å²) < 4.78 is 21.3. The minimum atomic E-state index is -1.11. The highest BCUT2D eigenvalue weighted by Gasteiger charge is 2.50. The lowest BCUT2D eigenvalue weighted by atomic mass is 9.82. The van der Waals surface area contributed by atoms with Gasteiger partial charge in [-0.05, 0) is 147 Å². The Morgan fingerprint density at radius 1 is 0.986 bits per heavy atom. The molecular weight excluding hydrogens is 970 g/mol. The van der Waals surface area contributed by atoms with Crippen molar-refractivity contribution >= 4 is 46.9 Å². The number of aryl methyl sites for hydroxylation is 1. The number of benzene rings is 3. The third-order valence-corrected chi connectivity index (χ3v) is 14.0. The van der Waals surface area contributed by atoms with Crippen LogP contribution in [0.2, 0.25) is 10.0 Å². The molecule has 2 saturated heterocycles. The van der Waals surface area contributed by atoms with Crippen LogP contribution in [0.15, 0.2) is 97.3 Å². The SMILES string of the molecule is C[C@H](CCc1ccc(Cl)cc1Oc1ccc(-c2cnc(CN(C)C)n2C)cc1)C(=O)N1[C@H](C(=O)N[C@@]2(Cc3ccc(Cl)cc3)CCCN(C(=O)[C@@H](CC(=O)OC(C)(C)C)Cc3cccc[n+]3O)C2)COC1(C)C. The summed E-state index contributed by atoms with van der Waals surface area (Å²) in [6.45, 7) is 11.9. The molecule has 4 atom stereocenters. The number of nitrogens with zero attached hydrogens (tertiary/aromatic N) is 6. The molecule has 0 unspecified atom stereocenters. The van der Waals surface area contributed by atoms with E-state index in [0.717, 1.165) is 39.5 Å². The molecule has 7 rings (SSSR count). The van der Waals surface area contributed by atoms with Crippen LogP contribution in [0.4, 0.5) is 0 Å². The molecule has 0 radical (unpaired) electrons. The van der Waals surface area contributed by atoms with E-state index in [1.165, 1.54) is 6.20 Å². The summed E-state index contributed by atoms with van der Waals surface area (Å²) in [4.78, 5) is 67.6. The summed E-state index contributed by atoms with van der Waals surface area (Å²) in [5, 5.41) is 15.1. The molecule has 2 N–H and O–H groups in total. The molecular formula is C56H70Cl2N7O8+. The Morgan fingerprint density at radius 2 is 1.70 bits per heavy atom. The first-order valence-corrected chi connectivity index (χ1v) is 25.7. The molecule has 3 amide bonds. The lowest BCUT2D eigenvalue weighted by Crippen LogP contribution is -2.65. The Morgan fingerprint density at radius 3 is 2.38 bits per heavy atom. The number of pyridine rings is 1. The number of hydrogen-bond donors (Lipinski definition) is 2. The minimum Gasteiger partial charge on any atom is -0.460 e. The standard InChI is InChI=1S/C56H69Cl2N7O8/c1-37(14-17-40-18-23-43(58)31-48(40)72-45-24-19-39(20-25-45)46-33-59-49(62(46)9)34-61(7)8)52(68)65-47(35-71-55(65,5)6)51(67)60-56(32-38-15-21-42(57)22-16-38)26-12-27-63(36-56)53(69)41(30-50(66)73-54(2,3)4)29-44-13-10-11-28-64(44)70/h10-11,13,15-16,18-25,28,31,33,37,41,47H,12,14,17,26-27,29-30,32,34-36H2,1-9H3,(H-,60,67,70)/p+1/t37-,41-,47+,56-/m1/s1. The van der Waals surface area contributed by atoms with Gasteiger partial charge in [-0.1, -0.05) is 48.3 Å². The average molecular weight is 1040 g/mol. The van der Waals surface area contributed by atoms with Crippen LogP contribution in [0.3, 0.4) is 0 Å². The van der Waals surface area contributed by atoms with Crippen molar-refractivity contribution in [2.24, 2.45) is 18.9 Å². The number of amides is 3. The van der Waals surface area contributed by atoms with Crippen molar-refractivity contribution in [1.82, 2.24) is 29.6 Å². The minimum absolute atomic E-state index is 0.0288. The fourth-order valence-corrected chi connectivity index (χ4v) is 10.2. The summed E-state index contributed by atoms with van der Waals surface area (Å²) in [6.07, 6.45) is 5.54. The van der Waals surface area contributed by atoms with Gasteiger partial charge in [0.2, 0.25) is 29.6 Å². The number of hydrogen-bond acceptors (Lipinski definition) is 10. The second-order valence-corrected chi connectivity index (χ2v) is 22.2. The fourth-order valence-electron chi connectivity index (χ4n) is 9.86. The smallest absolute Gasteiger partial charge is 0.307 e. The average Bonchev–Trinajstić information content (AvgIpc) is 3.85. The zero-order valence-electron chi connectivity index (χ0n) is 43.5. The van der Waals surface area contributed by atoms with Crippen LogP contribution in [0.1, 0.15) is 89.9 Å². The first-order valence-electron chi connectivity index (χ1n) is 24.9. The van der Waals surface area contributed by atoms with Gasteiger partial charge in [0.1, 0.15) is 34.7 Å². The lowest BCUT2D eigenvalue weighted by Gasteiger charge is -2.45. The van der Waals surface area contributed by atoms with Crippen LogP contribution >= 0.6 is 23.2 Å². The van der Waals surface area contributed by atoms with E-state index in [4.69, 9.17) is 37.4 Å². The Hall–Kier alpha value is -6.00. The third kappa shape index (κ3) is 14.0. The van der Waals surface area contributed by atoms with Crippen molar-refractivity contribution in [2.45, 2.75) is 116 Å². The summed E-state index contributed by atoms with van der Waals surface area (Å²) in [5.41, 5.74) is 1.34. The van der Waals surface area contributed by atoms with E-state index >= 15 is 0 Å². The van der Waals surface area contributed by atoms with Crippen molar-refractivity contribution < 1.29 is 43.3 Å². The summed E-state index contributed by atoms with van der Waals surface area (Å²) in [7, 11) is 6.03. The molecule has 2 aromatic heterocycles. The highest BCUT2D eigenvalue weighted by Crippen LogP contribution is 2.36. The molecule has 2 aliphatic rings. The second-order valence-electron chi connectivity index (χ2n) is 21.3. The molecule has 4 heterocycles. The number of likely N-dealkylation sites (tertiary alicyclic amines) is 1. The van der Waals surface area contributed by atoms with Crippen LogP contribution in [0, 0.1) is 11.8 Å². The third-order valence-electron chi connectivity index (χ3n) is 13.5. The Kier molecular flexibility index (Phi) is 17.3. The number of ether oxygens (including phenoxy) is 3. The molecule has 5 aromatic rings. The Labute approximate surface area is 439 Å². The number of piperidine rings is 1. The van der Waals surface area contributed by atoms with Gasteiger partial charge in [-0.3, -0.25) is 29.3 Å². The van der Waals surface area contributed by atoms with E-state index in [2.05, 4.69) is 19.8 Å². The highest BCUT2D eigenvalue weighted by atomic mass is 35.5. The number of carbonyl (C=O) groups excluding carboxylic acids is 4. The van der Waals surface area contributed by atoms with Gasteiger partial charge in [-0.15, -0.1) is 0 Å². The predicted molar refractivity (Wildman–Crippen MR) is 279 cm³/mol. The quantitative estimate of drug-likeness (QED) is 0.0495. The molecule has 0 aliphatic carbocycles. The highest BCUT2D eigenvalue weighted by molar-refractivity contribution is 6.31.